The van der Waals surface area contributed by atoms with Crippen LogP contribution >= 0.6 is 0 Å². The van der Waals surface area contributed by atoms with E-state index >= 15 is 0 Å². The second-order valence-electron chi connectivity index (χ2n) is 6.46. The molecule has 1 aliphatic rings. The number of anilines is 1. The molecule has 1 fully saturated rings. The van der Waals surface area contributed by atoms with Crippen LogP contribution in [0.5, 0.6) is 5.75 Å². The second kappa shape index (κ2) is 12.4. The van der Waals surface area contributed by atoms with Gasteiger partial charge in [-0.05, 0) is 25.0 Å². The van der Waals surface area contributed by atoms with Gasteiger partial charge < -0.3 is 29.3 Å². The van der Waals surface area contributed by atoms with E-state index in [-0.39, 0.29) is 0 Å². The van der Waals surface area contributed by atoms with Crippen LogP contribution in [0, 0.1) is 0 Å². The first-order valence-corrected chi connectivity index (χ1v) is 9.69. The number of nitrogens with zero attached hydrogens (tertiary/aromatic N) is 3. The molecule has 0 radical (unpaired) electrons. The molecule has 7 heteroatoms. The molecule has 0 atom stereocenters. The minimum Gasteiger partial charge on any atom is -0.497 e. The van der Waals surface area contributed by atoms with Crippen molar-refractivity contribution in [2.45, 2.75) is 12.8 Å². The molecule has 0 unspecified atom stereocenters. The van der Waals surface area contributed by atoms with E-state index in [4.69, 9.17) is 14.2 Å². The van der Waals surface area contributed by atoms with Crippen molar-refractivity contribution in [3.63, 3.8) is 0 Å². The molecule has 27 heavy (non-hydrogen) atoms. The van der Waals surface area contributed by atoms with Crippen LogP contribution in [-0.2, 0) is 9.47 Å². The fraction of sp³-hybridized carbons (Fsp3) is 0.650. The Kier molecular flexibility index (Phi) is 9.79. The number of methoxy groups -OCH3 is 2. The van der Waals surface area contributed by atoms with Crippen molar-refractivity contribution >= 4 is 11.6 Å². The van der Waals surface area contributed by atoms with Crippen molar-refractivity contribution in [1.29, 1.82) is 0 Å². The topological polar surface area (TPSA) is 58.6 Å². The lowest BCUT2D eigenvalue weighted by Gasteiger charge is -2.37. The van der Waals surface area contributed by atoms with E-state index in [1.54, 1.807) is 14.2 Å². The van der Waals surface area contributed by atoms with Crippen LogP contribution in [0.4, 0.5) is 5.69 Å². The van der Waals surface area contributed by atoms with Crippen molar-refractivity contribution in [3.05, 3.63) is 24.3 Å². The molecule has 7 nitrogen and oxygen atoms in total. The molecule has 1 heterocycles. The van der Waals surface area contributed by atoms with Crippen LogP contribution in [0.3, 0.4) is 0 Å². The van der Waals surface area contributed by atoms with Gasteiger partial charge in [0.05, 0.1) is 20.3 Å². The Balaban J connectivity index is 1.67. The van der Waals surface area contributed by atoms with Crippen molar-refractivity contribution in [2.24, 2.45) is 4.99 Å². The summed E-state index contributed by atoms with van der Waals surface area (Å²) in [5.74, 6) is 1.89. The fourth-order valence-electron chi connectivity index (χ4n) is 3.09. The molecule has 1 aromatic rings. The SMILES string of the molecule is CN=C(NCCCCOCCOC)N1CCN(c2cccc(OC)c2)CC1. The molecule has 1 aliphatic heterocycles. The Labute approximate surface area is 163 Å². The summed E-state index contributed by atoms with van der Waals surface area (Å²) in [6, 6.07) is 8.26. The zero-order valence-electron chi connectivity index (χ0n) is 16.9. The summed E-state index contributed by atoms with van der Waals surface area (Å²) in [5.41, 5.74) is 1.21. The van der Waals surface area contributed by atoms with Gasteiger partial charge in [0, 0.05) is 65.2 Å². The molecule has 1 saturated heterocycles. The highest BCUT2D eigenvalue weighted by atomic mass is 16.5. The van der Waals surface area contributed by atoms with E-state index in [0.717, 1.165) is 63.9 Å². The zero-order chi connectivity index (χ0) is 19.3. The Hall–Kier alpha value is -1.99. The molecular formula is C20H34N4O3. The van der Waals surface area contributed by atoms with E-state index in [1.165, 1.54) is 5.69 Å². The number of hydrogen-bond donors (Lipinski definition) is 1. The molecule has 1 N–H and O–H groups in total. The van der Waals surface area contributed by atoms with E-state index in [9.17, 15) is 0 Å². The predicted molar refractivity (Wildman–Crippen MR) is 110 cm³/mol. The van der Waals surface area contributed by atoms with Crippen LogP contribution in [0.15, 0.2) is 29.3 Å². The number of guanidine groups is 1. The van der Waals surface area contributed by atoms with Crippen LogP contribution in [0.25, 0.3) is 0 Å². The third-order valence-corrected chi connectivity index (χ3v) is 4.64. The van der Waals surface area contributed by atoms with E-state index in [2.05, 4.69) is 32.2 Å². The van der Waals surface area contributed by atoms with Gasteiger partial charge in [-0.2, -0.15) is 0 Å². The molecular weight excluding hydrogens is 344 g/mol. The van der Waals surface area contributed by atoms with Gasteiger partial charge in [0.1, 0.15) is 5.75 Å². The van der Waals surface area contributed by atoms with Gasteiger partial charge in [-0.1, -0.05) is 6.07 Å². The maximum absolute atomic E-state index is 5.49. The Bertz CT molecular complexity index is 560. The lowest BCUT2D eigenvalue weighted by Crippen LogP contribution is -2.52. The third-order valence-electron chi connectivity index (χ3n) is 4.64. The van der Waals surface area contributed by atoms with Crippen LogP contribution in [0.2, 0.25) is 0 Å². The van der Waals surface area contributed by atoms with Crippen molar-refractivity contribution in [2.75, 3.05) is 78.7 Å². The van der Waals surface area contributed by atoms with Crippen LogP contribution < -0.4 is 15.0 Å². The third kappa shape index (κ3) is 7.27. The first-order valence-electron chi connectivity index (χ1n) is 9.69. The lowest BCUT2D eigenvalue weighted by molar-refractivity contribution is 0.0689. The number of benzene rings is 1. The smallest absolute Gasteiger partial charge is 0.193 e. The van der Waals surface area contributed by atoms with Gasteiger partial charge in [0.2, 0.25) is 0 Å². The quantitative estimate of drug-likeness (QED) is 0.381. The molecule has 0 amide bonds. The number of hydrogen-bond acceptors (Lipinski definition) is 5. The monoisotopic (exact) mass is 378 g/mol. The van der Waals surface area contributed by atoms with Crippen molar-refractivity contribution in [3.8, 4) is 5.75 Å². The summed E-state index contributed by atoms with van der Waals surface area (Å²) in [6.45, 7) is 6.88. The average molecular weight is 379 g/mol. The highest BCUT2D eigenvalue weighted by molar-refractivity contribution is 5.80. The van der Waals surface area contributed by atoms with E-state index < -0.39 is 0 Å². The van der Waals surface area contributed by atoms with Gasteiger partial charge in [-0.3, -0.25) is 4.99 Å². The molecule has 2 rings (SSSR count). The summed E-state index contributed by atoms with van der Waals surface area (Å²) in [4.78, 5) is 9.16. The number of rotatable bonds is 10. The minimum atomic E-state index is 0.659. The van der Waals surface area contributed by atoms with Gasteiger partial charge in [0.25, 0.3) is 0 Å². The van der Waals surface area contributed by atoms with Gasteiger partial charge in [-0.15, -0.1) is 0 Å². The molecule has 0 aliphatic carbocycles. The molecule has 0 aromatic heterocycles. The number of aliphatic imine (C=N–C) groups is 1. The molecule has 0 bridgehead atoms. The predicted octanol–water partition coefficient (Wildman–Crippen LogP) is 1.84. The van der Waals surface area contributed by atoms with E-state index in [1.807, 2.05) is 19.2 Å². The summed E-state index contributed by atoms with van der Waals surface area (Å²) in [7, 11) is 5.25. The highest BCUT2D eigenvalue weighted by Gasteiger charge is 2.19. The highest BCUT2D eigenvalue weighted by Crippen LogP contribution is 2.22. The summed E-state index contributed by atoms with van der Waals surface area (Å²) in [6.07, 6.45) is 2.10. The number of piperazine rings is 1. The summed E-state index contributed by atoms with van der Waals surface area (Å²) in [5, 5.41) is 3.47. The molecule has 1 aromatic carbocycles. The van der Waals surface area contributed by atoms with Gasteiger partial charge in [-0.25, -0.2) is 0 Å². The summed E-state index contributed by atoms with van der Waals surface area (Å²) >= 11 is 0. The van der Waals surface area contributed by atoms with Crippen molar-refractivity contribution in [1.82, 2.24) is 10.2 Å². The van der Waals surface area contributed by atoms with Gasteiger partial charge >= 0.3 is 0 Å². The largest absolute Gasteiger partial charge is 0.497 e. The number of nitrogens with one attached hydrogen (secondary N) is 1. The zero-order valence-corrected chi connectivity index (χ0v) is 16.9. The Morgan fingerprint density at radius 3 is 2.59 bits per heavy atom. The van der Waals surface area contributed by atoms with Gasteiger partial charge in [0.15, 0.2) is 5.96 Å². The Morgan fingerprint density at radius 1 is 1.07 bits per heavy atom. The standard InChI is InChI=1S/C20H34N4O3/c1-21-20(22-9-4-5-14-27-16-15-25-2)24-12-10-23(11-13-24)18-7-6-8-19(17-18)26-3/h6-8,17H,4-5,9-16H2,1-3H3,(H,21,22). The Morgan fingerprint density at radius 2 is 1.89 bits per heavy atom. The number of unbranched alkanes of at least 4 members (excludes halogenated alkanes) is 1. The average Bonchev–Trinajstić information content (AvgIpc) is 2.73. The minimum absolute atomic E-state index is 0.659. The molecule has 0 saturated carbocycles. The van der Waals surface area contributed by atoms with E-state index in [0.29, 0.717) is 13.2 Å². The molecule has 0 spiro atoms. The van der Waals surface area contributed by atoms with Crippen molar-refractivity contribution < 1.29 is 14.2 Å². The van der Waals surface area contributed by atoms with Crippen LogP contribution in [0.1, 0.15) is 12.8 Å². The fourth-order valence-corrected chi connectivity index (χ4v) is 3.09. The van der Waals surface area contributed by atoms with Crippen LogP contribution in [-0.4, -0.2) is 84.7 Å². The lowest BCUT2D eigenvalue weighted by atomic mass is 10.2. The normalized spacial score (nSPS) is 15.1. The first-order chi connectivity index (χ1) is 13.3. The maximum Gasteiger partial charge on any atom is 0.193 e. The first kappa shape index (κ1) is 21.3. The number of ether oxygens (including phenoxy) is 3. The maximum atomic E-state index is 5.49. The summed E-state index contributed by atoms with van der Waals surface area (Å²) < 4.78 is 15.8. The second-order valence-corrected chi connectivity index (χ2v) is 6.46. The molecule has 152 valence electrons.